The van der Waals surface area contributed by atoms with E-state index in [2.05, 4.69) is 13.8 Å². The lowest BCUT2D eigenvalue weighted by molar-refractivity contribution is -0.203. The molecule has 2 nitrogen and oxygen atoms in total. The van der Waals surface area contributed by atoms with E-state index < -0.39 is 17.4 Å². The SMILES string of the molecule is CCCCCCCOC1(OCCCC)C=CC(c2ccc(-c3ccc(-c4ccccc4)cc3)c(F)c2F)=CC1. The zero-order chi connectivity index (χ0) is 27.5. The van der Waals surface area contributed by atoms with Crippen molar-refractivity contribution in [3.8, 4) is 22.3 Å². The molecule has 1 aliphatic rings. The Hall–Kier alpha value is -3.08. The Morgan fingerprint density at radius 3 is 1.90 bits per heavy atom. The maximum atomic E-state index is 15.4. The number of allylic oxidation sites excluding steroid dienone is 2. The van der Waals surface area contributed by atoms with E-state index in [0.717, 1.165) is 36.8 Å². The Labute approximate surface area is 232 Å². The van der Waals surface area contributed by atoms with Crippen molar-refractivity contribution in [3.63, 3.8) is 0 Å². The molecule has 0 aliphatic heterocycles. The van der Waals surface area contributed by atoms with Crippen LogP contribution in [-0.4, -0.2) is 19.0 Å². The molecule has 3 aromatic rings. The molecule has 4 rings (SSSR count). The highest BCUT2D eigenvalue weighted by atomic mass is 19.2. The molecule has 0 spiro atoms. The number of unbranched alkanes of at least 4 members (excludes halogenated alkanes) is 5. The van der Waals surface area contributed by atoms with Crippen LogP contribution in [0, 0.1) is 11.6 Å². The van der Waals surface area contributed by atoms with Crippen molar-refractivity contribution >= 4 is 5.57 Å². The van der Waals surface area contributed by atoms with Gasteiger partial charge in [-0.1, -0.05) is 125 Å². The molecular weight excluding hydrogens is 490 g/mol. The highest BCUT2D eigenvalue weighted by Gasteiger charge is 2.31. The summed E-state index contributed by atoms with van der Waals surface area (Å²) < 4.78 is 43.1. The number of benzene rings is 3. The molecule has 0 amide bonds. The molecule has 0 saturated carbocycles. The van der Waals surface area contributed by atoms with Crippen LogP contribution in [0.3, 0.4) is 0 Å². The molecule has 0 saturated heterocycles. The van der Waals surface area contributed by atoms with Crippen molar-refractivity contribution in [2.45, 2.75) is 71.0 Å². The molecule has 1 atom stereocenters. The average Bonchev–Trinajstić information content (AvgIpc) is 2.98. The number of hydrogen-bond donors (Lipinski definition) is 0. The first-order valence-electron chi connectivity index (χ1n) is 14.4. The third-order valence-electron chi connectivity index (χ3n) is 7.26. The van der Waals surface area contributed by atoms with Crippen LogP contribution in [-0.2, 0) is 9.47 Å². The second kappa shape index (κ2) is 14.3. The van der Waals surface area contributed by atoms with Crippen LogP contribution >= 0.6 is 0 Å². The molecule has 1 unspecified atom stereocenters. The van der Waals surface area contributed by atoms with Crippen LogP contribution in [0.2, 0.25) is 0 Å². The molecule has 0 radical (unpaired) electrons. The number of rotatable bonds is 14. The summed E-state index contributed by atoms with van der Waals surface area (Å²) in [5, 5.41) is 0. The van der Waals surface area contributed by atoms with Crippen LogP contribution in [0.15, 0.2) is 85.0 Å². The zero-order valence-electron chi connectivity index (χ0n) is 23.2. The quantitative estimate of drug-likeness (QED) is 0.152. The minimum absolute atomic E-state index is 0.245. The summed E-state index contributed by atoms with van der Waals surface area (Å²) >= 11 is 0. The first-order chi connectivity index (χ1) is 19.1. The van der Waals surface area contributed by atoms with Crippen molar-refractivity contribution in [2.24, 2.45) is 0 Å². The van der Waals surface area contributed by atoms with Crippen molar-refractivity contribution in [3.05, 3.63) is 102 Å². The summed E-state index contributed by atoms with van der Waals surface area (Å²) in [6.45, 7) is 5.54. The molecule has 39 heavy (non-hydrogen) atoms. The minimum Gasteiger partial charge on any atom is -0.346 e. The highest BCUT2D eigenvalue weighted by Crippen LogP contribution is 2.35. The smallest absolute Gasteiger partial charge is 0.191 e. The Morgan fingerprint density at radius 1 is 0.641 bits per heavy atom. The van der Waals surface area contributed by atoms with Gasteiger partial charge in [0.2, 0.25) is 0 Å². The van der Waals surface area contributed by atoms with E-state index >= 15 is 8.78 Å². The predicted octanol–water partition coefficient (Wildman–Crippen LogP) is 10.1. The molecule has 0 heterocycles. The summed E-state index contributed by atoms with van der Waals surface area (Å²) in [6, 6.07) is 20.8. The Kier molecular flexibility index (Phi) is 10.6. The minimum atomic E-state index is -0.848. The second-order valence-electron chi connectivity index (χ2n) is 10.2. The van der Waals surface area contributed by atoms with Gasteiger partial charge in [0.1, 0.15) is 0 Å². The van der Waals surface area contributed by atoms with Gasteiger partial charge in [0, 0.05) is 17.5 Å². The lowest BCUT2D eigenvalue weighted by Gasteiger charge is -2.33. The van der Waals surface area contributed by atoms with Gasteiger partial charge >= 0.3 is 0 Å². The van der Waals surface area contributed by atoms with Gasteiger partial charge in [0.15, 0.2) is 17.4 Å². The van der Waals surface area contributed by atoms with E-state index in [-0.39, 0.29) is 11.1 Å². The fraction of sp³-hybridized carbons (Fsp3) is 0.371. The van der Waals surface area contributed by atoms with E-state index in [9.17, 15) is 0 Å². The van der Waals surface area contributed by atoms with E-state index in [0.29, 0.717) is 30.8 Å². The lowest BCUT2D eigenvalue weighted by Crippen LogP contribution is -2.35. The number of ether oxygens (including phenoxy) is 2. The van der Waals surface area contributed by atoms with E-state index in [1.165, 1.54) is 19.3 Å². The monoisotopic (exact) mass is 530 g/mol. The van der Waals surface area contributed by atoms with Gasteiger partial charge in [-0.15, -0.1) is 0 Å². The molecule has 1 aliphatic carbocycles. The van der Waals surface area contributed by atoms with E-state index in [1.54, 1.807) is 18.2 Å². The molecular formula is C35H40F2O2. The Morgan fingerprint density at radius 2 is 1.23 bits per heavy atom. The fourth-order valence-corrected chi connectivity index (χ4v) is 4.87. The fourth-order valence-electron chi connectivity index (χ4n) is 4.87. The van der Waals surface area contributed by atoms with Gasteiger partial charge in [-0.3, -0.25) is 0 Å². The average molecular weight is 531 g/mol. The summed E-state index contributed by atoms with van der Waals surface area (Å²) in [7, 11) is 0. The number of hydrogen-bond acceptors (Lipinski definition) is 2. The molecule has 0 N–H and O–H groups in total. The van der Waals surface area contributed by atoms with E-state index in [1.807, 2.05) is 66.7 Å². The van der Waals surface area contributed by atoms with Crippen LogP contribution in [0.25, 0.3) is 27.8 Å². The summed E-state index contributed by atoms with van der Waals surface area (Å²) in [5.74, 6) is -2.53. The molecule has 3 aromatic carbocycles. The molecule has 0 aromatic heterocycles. The molecule has 206 valence electrons. The zero-order valence-corrected chi connectivity index (χ0v) is 23.2. The van der Waals surface area contributed by atoms with Gasteiger partial charge < -0.3 is 9.47 Å². The van der Waals surface area contributed by atoms with Crippen LogP contribution < -0.4 is 0 Å². The first-order valence-corrected chi connectivity index (χ1v) is 14.4. The van der Waals surface area contributed by atoms with Crippen molar-refractivity contribution < 1.29 is 18.3 Å². The van der Waals surface area contributed by atoms with Gasteiger partial charge in [-0.25, -0.2) is 8.78 Å². The molecule has 4 heteroatoms. The Balaban J connectivity index is 1.47. The lowest BCUT2D eigenvalue weighted by atomic mass is 9.93. The van der Waals surface area contributed by atoms with Gasteiger partial charge in [0.05, 0.1) is 13.2 Å². The highest BCUT2D eigenvalue weighted by molar-refractivity contribution is 5.78. The van der Waals surface area contributed by atoms with Crippen molar-refractivity contribution in [1.29, 1.82) is 0 Å². The van der Waals surface area contributed by atoms with Crippen LogP contribution in [0.1, 0.15) is 70.8 Å². The second-order valence-corrected chi connectivity index (χ2v) is 10.2. The van der Waals surface area contributed by atoms with E-state index in [4.69, 9.17) is 9.47 Å². The summed E-state index contributed by atoms with van der Waals surface area (Å²) in [5.41, 5.74) is 3.88. The van der Waals surface area contributed by atoms with Crippen molar-refractivity contribution in [1.82, 2.24) is 0 Å². The van der Waals surface area contributed by atoms with Gasteiger partial charge in [0.25, 0.3) is 0 Å². The van der Waals surface area contributed by atoms with Crippen LogP contribution in [0.4, 0.5) is 8.78 Å². The number of halogens is 2. The maximum Gasteiger partial charge on any atom is 0.191 e. The first kappa shape index (κ1) is 28.9. The Bertz CT molecular complexity index is 1250. The largest absolute Gasteiger partial charge is 0.346 e. The van der Waals surface area contributed by atoms with Crippen molar-refractivity contribution in [2.75, 3.05) is 13.2 Å². The topological polar surface area (TPSA) is 18.5 Å². The molecule has 0 fully saturated rings. The normalized spacial score (nSPS) is 16.9. The van der Waals surface area contributed by atoms with Crippen LogP contribution in [0.5, 0.6) is 0 Å². The standard InChI is InChI=1S/C35H40F2O2/c1-3-5-7-8-12-26-39-35(38-25-6-4-2)23-21-30(22-24-35)32-20-19-31(33(36)34(32)37)29-17-15-28(16-18-29)27-13-10-9-11-14-27/h9-11,13-23H,3-8,12,24-26H2,1-2H3. The van der Waals surface area contributed by atoms with Gasteiger partial charge in [-0.2, -0.15) is 0 Å². The third kappa shape index (κ3) is 7.52. The maximum absolute atomic E-state index is 15.4. The van der Waals surface area contributed by atoms with Gasteiger partial charge in [-0.05, 0) is 41.2 Å². The summed E-state index contributed by atoms with van der Waals surface area (Å²) in [6.07, 6.45) is 13.8. The molecule has 0 bridgehead atoms. The predicted molar refractivity (Wildman–Crippen MR) is 157 cm³/mol. The third-order valence-corrected chi connectivity index (χ3v) is 7.26. The summed E-state index contributed by atoms with van der Waals surface area (Å²) in [4.78, 5) is 0.